The Labute approximate surface area is 104 Å². The van der Waals surface area contributed by atoms with E-state index in [9.17, 15) is 4.79 Å². The number of hydrogen-bond donors (Lipinski definition) is 0. The van der Waals surface area contributed by atoms with Crippen LogP contribution in [0.15, 0.2) is 48.0 Å². The number of nitriles is 1. The smallest absolute Gasteiger partial charge is 0.349 e. The van der Waals surface area contributed by atoms with Gasteiger partial charge in [-0.15, -0.1) is 0 Å². The number of carbonyl (C=O) groups excluding carboxylic acids is 1. The normalized spacial score (nSPS) is 14.7. The number of hydrogen-bond acceptors (Lipinski definition) is 3. The molecule has 0 aliphatic carbocycles. The van der Waals surface area contributed by atoms with E-state index in [0.29, 0.717) is 5.57 Å². The Morgan fingerprint density at radius 3 is 2.67 bits per heavy atom. The third-order valence-corrected chi connectivity index (χ3v) is 3.06. The number of fused-ring (bicyclic) bond motifs is 1. The van der Waals surface area contributed by atoms with Gasteiger partial charge in [-0.05, 0) is 22.4 Å². The quantitative estimate of drug-likeness (QED) is 0.714. The molecule has 0 N–H and O–H groups in total. The first-order chi connectivity index (χ1) is 8.79. The Hall–Kier alpha value is -2.60. The summed E-state index contributed by atoms with van der Waals surface area (Å²) in [7, 11) is 0. The molecule has 3 heteroatoms. The van der Waals surface area contributed by atoms with Crippen molar-refractivity contribution in [3.05, 3.63) is 53.6 Å². The number of ether oxygens (including phenoxy) is 1. The maximum absolute atomic E-state index is 11.4. The van der Waals surface area contributed by atoms with Gasteiger partial charge in [0.05, 0.1) is 0 Å². The molecule has 0 saturated heterocycles. The van der Waals surface area contributed by atoms with Gasteiger partial charge in [0, 0.05) is 5.57 Å². The van der Waals surface area contributed by atoms with Gasteiger partial charge in [0.25, 0.3) is 0 Å². The van der Waals surface area contributed by atoms with Crippen LogP contribution in [0.1, 0.15) is 5.56 Å². The van der Waals surface area contributed by atoms with Crippen LogP contribution < -0.4 is 0 Å². The monoisotopic (exact) mass is 235 g/mol. The largest absolute Gasteiger partial charge is 0.457 e. The van der Waals surface area contributed by atoms with Gasteiger partial charge in [0.1, 0.15) is 18.2 Å². The molecule has 0 bridgehead atoms. The molecule has 0 aromatic heterocycles. The standard InChI is InChI=1S/C15H9NO2/c16-8-13-14(9-18-15(13)17)12-6-5-10-3-1-2-4-11(10)7-12/h1-7H,9H2. The highest BCUT2D eigenvalue weighted by atomic mass is 16.5. The predicted molar refractivity (Wildman–Crippen MR) is 67.4 cm³/mol. The number of rotatable bonds is 1. The van der Waals surface area contributed by atoms with Gasteiger partial charge in [-0.1, -0.05) is 36.4 Å². The van der Waals surface area contributed by atoms with E-state index in [2.05, 4.69) is 0 Å². The zero-order valence-electron chi connectivity index (χ0n) is 9.51. The maximum Gasteiger partial charge on any atom is 0.349 e. The molecule has 0 fully saturated rings. The van der Waals surface area contributed by atoms with Gasteiger partial charge in [-0.2, -0.15) is 5.26 Å². The zero-order valence-corrected chi connectivity index (χ0v) is 9.51. The Morgan fingerprint density at radius 1 is 1.11 bits per heavy atom. The molecule has 0 spiro atoms. The molecule has 0 saturated carbocycles. The first-order valence-electron chi connectivity index (χ1n) is 5.59. The van der Waals surface area contributed by atoms with Crippen LogP contribution in [0.25, 0.3) is 16.3 Å². The SMILES string of the molecule is N#CC1=C(c2ccc3ccccc3c2)COC1=O. The van der Waals surface area contributed by atoms with Crippen LogP contribution in [0.4, 0.5) is 0 Å². The third-order valence-electron chi connectivity index (χ3n) is 3.06. The number of cyclic esters (lactones) is 1. The molecule has 0 radical (unpaired) electrons. The minimum atomic E-state index is -0.527. The van der Waals surface area contributed by atoms with Crippen LogP contribution in [0.5, 0.6) is 0 Å². The molecular formula is C15H9NO2. The van der Waals surface area contributed by atoms with Crippen molar-refractivity contribution in [2.45, 2.75) is 0 Å². The highest BCUT2D eigenvalue weighted by Gasteiger charge is 2.25. The van der Waals surface area contributed by atoms with Crippen molar-refractivity contribution in [3.8, 4) is 6.07 Å². The molecule has 0 unspecified atom stereocenters. The van der Waals surface area contributed by atoms with E-state index in [0.717, 1.165) is 16.3 Å². The van der Waals surface area contributed by atoms with Crippen molar-refractivity contribution < 1.29 is 9.53 Å². The molecule has 1 aliphatic rings. The first-order valence-corrected chi connectivity index (χ1v) is 5.59. The molecule has 2 aromatic rings. The van der Waals surface area contributed by atoms with Crippen molar-refractivity contribution in [1.29, 1.82) is 5.26 Å². The molecule has 0 atom stereocenters. The van der Waals surface area contributed by atoms with Gasteiger partial charge in [-0.25, -0.2) is 4.79 Å². The average molecular weight is 235 g/mol. The highest BCUT2D eigenvalue weighted by Crippen LogP contribution is 2.27. The molecule has 3 nitrogen and oxygen atoms in total. The van der Waals surface area contributed by atoms with E-state index in [1.165, 1.54) is 0 Å². The number of nitrogens with zero attached hydrogens (tertiary/aromatic N) is 1. The van der Waals surface area contributed by atoms with Crippen LogP contribution in [-0.4, -0.2) is 12.6 Å². The van der Waals surface area contributed by atoms with E-state index in [4.69, 9.17) is 10.00 Å². The summed E-state index contributed by atoms with van der Waals surface area (Å²) in [5.41, 5.74) is 1.66. The lowest BCUT2D eigenvalue weighted by Crippen LogP contribution is -1.96. The number of carbonyl (C=O) groups is 1. The van der Waals surface area contributed by atoms with Gasteiger partial charge in [0.2, 0.25) is 0 Å². The minimum absolute atomic E-state index is 0.116. The molecule has 0 amide bonds. The topological polar surface area (TPSA) is 50.1 Å². The molecule has 1 heterocycles. The maximum atomic E-state index is 11.4. The average Bonchev–Trinajstić information content (AvgIpc) is 2.79. The van der Waals surface area contributed by atoms with Gasteiger partial charge >= 0.3 is 5.97 Å². The van der Waals surface area contributed by atoms with E-state index in [-0.39, 0.29) is 12.2 Å². The first kappa shape index (κ1) is 10.5. The summed E-state index contributed by atoms with van der Waals surface area (Å²) in [5.74, 6) is -0.527. The summed E-state index contributed by atoms with van der Waals surface area (Å²) < 4.78 is 4.90. The highest BCUT2D eigenvalue weighted by molar-refractivity contribution is 6.06. The summed E-state index contributed by atoms with van der Waals surface area (Å²) in [5, 5.41) is 11.2. The van der Waals surface area contributed by atoms with E-state index < -0.39 is 5.97 Å². The van der Waals surface area contributed by atoms with E-state index in [1.807, 2.05) is 48.5 Å². The molecule has 2 aromatic carbocycles. The predicted octanol–water partition coefficient (Wildman–Crippen LogP) is 2.67. The Bertz CT molecular complexity index is 723. The Balaban J connectivity index is 2.19. The van der Waals surface area contributed by atoms with Crippen molar-refractivity contribution in [1.82, 2.24) is 0 Å². The molecule has 1 aliphatic heterocycles. The van der Waals surface area contributed by atoms with Crippen LogP contribution >= 0.6 is 0 Å². The van der Waals surface area contributed by atoms with E-state index >= 15 is 0 Å². The van der Waals surface area contributed by atoms with Crippen LogP contribution in [0, 0.1) is 11.3 Å². The lowest BCUT2D eigenvalue weighted by atomic mass is 9.99. The van der Waals surface area contributed by atoms with Crippen LogP contribution in [0.2, 0.25) is 0 Å². The Kier molecular flexibility index (Phi) is 2.35. The minimum Gasteiger partial charge on any atom is -0.457 e. The lowest BCUT2D eigenvalue weighted by Gasteiger charge is -2.03. The van der Waals surface area contributed by atoms with Crippen molar-refractivity contribution in [3.63, 3.8) is 0 Å². The van der Waals surface area contributed by atoms with Crippen LogP contribution in [0.3, 0.4) is 0 Å². The lowest BCUT2D eigenvalue weighted by molar-refractivity contribution is -0.135. The molecular weight excluding hydrogens is 226 g/mol. The fraction of sp³-hybridized carbons (Fsp3) is 0.0667. The summed E-state index contributed by atoms with van der Waals surface area (Å²) in [6, 6.07) is 15.7. The van der Waals surface area contributed by atoms with E-state index in [1.54, 1.807) is 0 Å². The molecule has 86 valence electrons. The number of benzene rings is 2. The third kappa shape index (κ3) is 1.56. The van der Waals surface area contributed by atoms with Gasteiger partial charge < -0.3 is 4.74 Å². The summed E-state index contributed by atoms with van der Waals surface area (Å²) in [6.45, 7) is 0.181. The fourth-order valence-electron chi connectivity index (χ4n) is 2.12. The summed E-state index contributed by atoms with van der Waals surface area (Å²) >= 11 is 0. The van der Waals surface area contributed by atoms with Gasteiger partial charge in [-0.3, -0.25) is 0 Å². The van der Waals surface area contributed by atoms with Gasteiger partial charge in [0.15, 0.2) is 0 Å². The summed E-state index contributed by atoms with van der Waals surface area (Å²) in [4.78, 5) is 11.4. The van der Waals surface area contributed by atoms with Crippen molar-refractivity contribution in [2.75, 3.05) is 6.61 Å². The second kappa shape index (κ2) is 4.01. The second-order valence-electron chi connectivity index (χ2n) is 4.10. The second-order valence-corrected chi connectivity index (χ2v) is 4.10. The Morgan fingerprint density at radius 2 is 1.89 bits per heavy atom. The van der Waals surface area contributed by atoms with Crippen molar-refractivity contribution >= 4 is 22.3 Å². The molecule has 18 heavy (non-hydrogen) atoms. The fourth-order valence-corrected chi connectivity index (χ4v) is 2.12. The summed E-state index contributed by atoms with van der Waals surface area (Å²) in [6.07, 6.45) is 0. The van der Waals surface area contributed by atoms with Crippen molar-refractivity contribution in [2.24, 2.45) is 0 Å². The van der Waals surface area contributed by atoms with Crippen LogP contribution in [-0.2, 0) is 9.53 Å². The zero-order chi connectivity index (χ0) is 12.5. The molecule has 3 rings (SSSR count). The number of esters is 1.